The topological polar surface area (TPSA) is 30.0 Å². The predicted molar refractivity (Wildman–Crippen MR) is 39.2 cm³/mol. The molecule has 1 aromatic heterocycles. The van der Waals surface area contributed by atoms with Gasteiger partial charge in [-0.2, -0.15) is 0 Å². The van der Waals surface area contributed by atoms with Crippen LogP contribution in [0, 0.1) is 0 Å². The zero-order chi connectivity index (χ0) is 8.27. The lowest BCUT2D eigenvalue weighted by Crippen LogP contribution is -1.95. The third-order valence-electron chi connectivity index (χ3n) is 1.15. The van der Waals surface area contributed by atoms with Crippen molar-refractivity contribution in [2.75, 3.05) is 0 Å². The first-order valence-electron chi connectivity index (χ1n) is 2.95. The van der Waals surface area contributed by atoms with Crippen molar-refractivity contribution >= 4 is 17.9 Å². The Morgan fingerprint density at radius 3 is 3.00 bits per heavy atom. The van der Waals surface area contributed by atoms with Crippen molar-refractivity contribution in [3.8, 4) is 0 Å². The maximum atomic E-state index is 12.6. The first-order chi connectivity index (χ1) is 5.24. The smallest absolute Gasteiger partial charge is 0.197 e. The van der Waals surface area contributed by atoms with E-state index in [0.717, 1.165) is 0 Å². The van der Waals surface area contributed by atoms with Crippen molar-refractivity contribution in [3.05, 3.63) is 29.0 Å². The molecule has 0 aliphatic carbocycles. The number of carbonyl (C=O) groups is 1. The largest absolute Gasteiger partial charge is 0.300 e. The van der Waals surface area contributed by atoms with Gasteiger partial charge >= 0.3 is 0 Å². The van der Waals surface area contributed by atoms with E-state index in [1.54, 1.807) is 0 Å². The molecule has 1 rings (SSSR count). The lowest BCUT2D eigenvalue weighted by Gasteiger charge is -1.98. The highest BCUT2D eigenvalue weighted by Gasteiger charge is 2.08. The average Bonchev–Trinajstić information content (AvgIpc) is 2.03. The van der Waals surface area contributed by atoms with Crippen LogP contribution in [0.1, 0.15) is 11.9 Å². The lowest BCUT2D eigenvalue weighted by atomic mass is 10.3. The summed E-state index contributed by atoms with van der Waals surface area (Å²) in [6, 6.07) is 2.84. The summed E-state index contributed by atoms with van der Waals surface area (Å²) in [5, 5.41) is 0.375. The van der Waals surface area contributed by atoms with E-state index in [2.05, 4.69) is 4.98 Å². The summed E-state index contributed by atoms with van der Waals surface area (Å²) in [5.74, 6) is 0. The molecule has 2 nitrogen and oxygen atoms in total. The second-order valence-electron chi connectivity index (χ2n) is 1.94. The molecule has 1 atom stereocenters. The van der Waals surface area contributed by atoms with Gasteiger partial charge in [-0.3, -0.25) is 9.78 Å². The molecule has 0 radical (unpaired) electrons. The number of hydrogen-bond acceptors (Lipinski definition) is 2. The summed E-state index contributed by atoms with van der Waals surface area (Å²) in [6.07, 6.45) is -0.138. The van der Waals surface area contributed by atoms with Gasteiger partial charge in [-0.25, -0.2) is 4.39 Å². The molecular weight excluding hydrogens is 169 g/mol. The number of rotatable bonds is 2. The number of carbonyl (C=O) groups excluding carboxylic acids is 1. The number of alkyl halides is 1. The fraction of sp³-hybridized carbons (Fsp3) is 0.143. The van der Waals surface area contributed by atoms with E-state index in [-0.39, 0.29) is 12.0 Å². The van der Waals surface area contributed by atoms with E-state index in [0.29, 0.717) is 5.02 Å². The van der Waals surface area contributed by atoms with E-state index in [1.165, 1.54) is 18.3 Å². The van der Waals surface area contributed by atoms with Crippen LogP contribution < -0.4 is 0 Å². The quantitative estimate of drug-likeness (QED) is 0.640. The maximum Gasteiger partial charge on any atom is 0.197 e. The number of halogens is 2. The van der Waals surface area contributed by atoms with Gasteiger partial charge in [0.05, 0.1) is 5.69 Å². The highest BCUT2D eigenvalue weighted by Crippen LogP contribution is 2.15. The summed E-state index contributed by atoms with van der Waals surface area (Å²) >= 11 is 5.52. The van der Waals surface area contributed by atoms with Crippen molar-refractivity contribution in [1.29, 1.82) is 0 Å². The van der Waals surface area contributed by atoms with Crippen LogP contribution in [-0.2, 0) is 4.79 Å². The summed E-state index contributed by atoms with van der Waals surface area (Å²) in [7, 11) is 0. The first-order valence-corrected chi connectivity index (χ1v) is 3.32. The van der Waals surface area contributed by atoms with Crippen LogP contribution in [0.25, 0.3) is 0 Å². The molecule has 0 saturated heterocycles. The van der Waals surface area contributed by atoms with Crippen LogP contribution in [0.5, 0.6) is 0 Å². The normalized spacial score (nSPS) is 12.5. The zero-order valence-electron chi connectivity index (χ0n) is 5.50. The molecule has 0 aliphatic heterocycles. The van der Waals surface area contributed by atoms with Crippen molar-refractivity contribution in [2.45, 2.75) is 6.17 Å². The Hall–Kier alpha value is -0.960. The van der Waals surface area contributed by atoms with Crippen LogP contribution in [0.15, 0.2) is 18.3 Å². The fourth-order valence-electron chi connectivity index (χ4n) is 0.642. The highest BCUT2D eigenvalue weighted by molar-refractivity contribution is 6.30. The third kappa shape index (κ3) is 1.98. The van der Waals surface area contributed by atoms with Gasteiger partial charge in [-0.05, 0) is 12.1 Å². The van der Waals surface area contributed by atoms with Gasteiger partial charge in [0.25, 0.3) is 0 Å². The lowest BCUT2D eigenvalue weighted by molar-refractivity contribution is -0.112. The molecule has 1 aromatic rings. The molecule has 11 heavy (non-hydrogen) atoms. The Kier molecular flexibility index (Phi) is 2.54. The van der Waals surface area contributed by atoms with Crippen molar-refractivity contribution in [3.63, 3.8) is 0 Å². The summed E-state index contributed by atoms with van der Waals surface area (Å²) in [5.41, 5.74) is 0.0486. The summed E-state index contributed by atoms with van der Waals surface area (Å²) in [4.78, 5) is 13.6. The zero-order valence-corrected chi connectivity index (χ0v) is 6.25. The van der Waals surface area contributed by atoms with E-state index in [9.17, 15) is 9.18 Å². The fourth-order valence-corrected chi connectivity index (χ4v) is 0.810. The van der Waals surface area contributed by atoms with Crippen LogP contribution in [0.4, 0.5) is 4.39 Å². The molecule has 0 fully saturated rings. The Morgan fingerprint density at radius 1 is 1.73 bits per heavy atom. The Bertz CT molecular complexity index is 266. The molecule has 4 heteroatoms. The molecule has 0 spiro atoms. The second-order valence-corrected chi connectivity index (χ2v) is 2.37. The van der Waals surface area contributed by atoms with Gasteiger partial charge in [0.1, 0.15) is 0 Å². The van der Waals surface area contributed by atoms with E-state index in [4.69, 9.17) is 11.6 Å². The van der Waals surface area contributed by atoms with Gasteiger partial charge < -0.3 is 0 Å². The summed E-state index contributed by atoms with van der Waals surface area (Å²) in [6.45, 7) is 0. The summed E-state index contributed by atoms with van der Waals surface area (Å²) < 4.78 is 12.6. The van der Waals surface area contributed by atoms with Crippen molar-refractivity contribution in [1.82, 2.24) is 4.98 Å². The van der Waals surface area contributed by atoms with Crippen LogP contribution >= 0.6 is 11.6 Å². The van der Waals surface area contributed by atoms with E-state index < -0.39 is 6.17 Å². The molecule has 0 amide bonds. The molecule has 1 heterocycles. The number of hydrogen-bond donors (Lipinski definition) is 0. The minimum Gasteiger partial charge on any atom is -0.300 e. The monoisotopic (exact) mass is 173 g/mol. The van der Waals surface area contributed by atoms with Crippen LogP contribution in [0.3, 0.4) is 0 Å². The second kappa shape index (κ2) is 3.44. The van der Waals surface area contributed by atoms with Gasteiger partial charge in [0.15, 0.2) is 12.5 Å². The average molecular weight is 174 g/mol. The first kappa shape index (κ1) is 8.14. The maximum absolute atomic E-state index is 12.6. The molecule has 0 aliphatic rings. The third-order valence-corrected chi connectivity index (χ3v) is 1.38. The number of nitrogens with zero attached hydrogens (tertiary/aromatic N) is 1. The minimum absolute atomic E-state index is 0.0486. The van der Waals surface area contributed by atoms with Crippen LogP contribution in [0.2, 0.25) is 5.02 Å². The Balaban J connectivity index is 2.95. The molecule has 0 unspecified atom stereocenters. The van der Waals surface area contributed by atoms with E-state index in [1.807, 2.05) is 0 Å². The van der Waals surface area contributed by atoms with Crippen molar-refractivity contribution < 1.29 is 9.18 Å². The molecule has 58 valence electrons. The number of aromatic nitrogens is 1. The molecular formula is C7H5ClFNO. The van der Waals surface area contributed by atoms with Gasteiger partial charge in [0.2, 0.25) is 0 Å². The van der Waals surface area contributed by atoms with Gasteiger partial charge in [0, 0.05) is 11.2 Å². The standard InChI is InChI=1S/C7H5ClFNO/c8-5-1-2-10-7(3-5)6(9)4-11/h1-4,6H/t6-/m1/s1. The molecule has 0 N–H and O–H groups in total. The van der Waals surface area contributed by atoms with Crippen LogP contribution in [-0.4, -0.2) is 11.3 Å². The van der Waals surface area contributed by atoms with Crippen molar-refractivity contribution in [2.24, 2.45) is 0 Å². The van der Waals surface area contributed by atoms with E-state index >= 15 is 0 Å². The number of pyridine rings is 1. The molecule has 0 saturated carbocycles. The molecule has 0 bridgehead atoms. The molecule has 0 aromatic carbocycles. The number of aldehydes is 1. The Labute approximate surface area is 68.0 Å². The minimum atomic E-state index is -1.67. The van der Waals surface area contributed by atoms with Gasteiger partial charge in [-0.1, -0.05) is 11.6 Å². The Morgan fingerprint density at radius 2 is 2.45 bits per heavy atom. The highest BCUT2D eigenvalue weighted by atomic mass is 35.5. The van der Waals surface area contributed by atoms with Gasteiger partial charge in [-0.15, -0.1) is 0 Å². The SMILES string of the molecule is O=C[C@@H](F)c1cc(Cl)ccn1. The predicted octanol–water partition coefficient (Wildman–Crippen LogP) is 1.94.